The summed E-state index contributed by atoms with van der Waals surface area (Å²) in [4.78, 5) is 9.12. The van der Waals surface area contributed by atoms with Crippen LogP contribution in [-0.2, 0) is 14.6 Å². The molecule has 0 aliphatic rings. The second-order valence-electron chi connectivity index (χ2n) is 10.1. The number of hydrogen-bond acceptors (Lipinski definition) is 6. The molecule has 0 saturated carbocycles. The molecule has 5 aromatic rings. The summed E-state index contributed by atoms with van der Waals surface area (Å²) in [5.74, 6) is 1.01. The minimum atomic E-state index is -3.36. The third kappa shape index (κ3) is 4.89. The van der Waals surface area contributed by atoms with Crippen LogP contribution in [0.15, 0.2) is 83.5 Å². The number of rotatable bonds is 6. The van der Waals surface area contributed by atoms with E-state index in [-0.39, 0.29) is 0 Å². The summed E-state index contributed by atoms with van der Waals surface area (Å²) in [7, 11) is -3.36. The number of aromatic nitrogens is 3. The van der Waals surface area contributed by atoms with Gasteiger partial charge in [0.15, 0.2) is 15.7 Å². The first-order chi connectivity index (χ1) is 18.0. The Hall–Kier alpha value is -4.10. The van der Waals surface area contributed by atoms with Crippen molar-refractivity contribution >= 4 is 32.4 Å². The van der Waals surface area contributed by atoms with Gasteiger partial charge in [-0.2, -0.15) is 4.98 Å². The Morgan fingerprint density at radius 2 is 1.71 bits per heavy atom. The van der Waals surface area contributed by atoms with E-state index in [4.69, 9.17) is 4.52 Å². The van der Waals surface area contributed by atoms with Crippen LogP contribution in [-0.4, -0.2) is 29.8 Å². The first-order valence-corrected chi connectivity index (χ1v) is 14.2. The van der Waals surface area contributed by atoms with Crippen molar-refractivity contribution in [1.29, 1.82) is 0 Å². The Morgan fingerprint density at radius 1 is 0.947 bits per heavy atom. The van der Waals surface area contributed by atoms with Crippen LogP contribution in [0.5, 0.6) is 0 Å². The topological polar surface area (TPSA) is 86.0 Å². The second-order valence-corrected chi connectivity index (χ2v) is 12.6. The summed E-state index contributed by atoms with van der Waals surface area (Å²) in [6, 6.07) is 24.0. The summed E-state index contributed by atoms with van der Waals surface area (Å²) < 4.78 is 29.8. The molecule has 0 radical (unpaired) electrons. The highest BCUT2D eigenvalue weighted by molar-refractivity contribution is 7.91. The van der Waals surface area contributed by atoms with Gasteiger partial charge in [-0.1, -0.05) is 59.3 Å². The molecule has 6 nitrogen and oxygen atoms in total. The van der Waals surface area contributed by atoms with E-state index in [9.17, 15) is 8.42 Å². The van der Waals surface area contributed by atoms with Crippen LogP contribution >= 0.6 is 0 Å². The van der Waals surface area contributed by atoms with Crippen molar-refractivity contribution in [2.45, 2.75) is 32.4 Å². The first-order valence-electron chi connectivity index (χ1n) is 12.3. The van der Waals surface area contributed by atoms with E-state index in [0.29, 0.717) is 11.7 Å². The van der Waals surface area contributed by atoms with Crippen molar-refractivity contribution < 1.29 is 12.9 Å². The highest BCUT2D eigenvalue weighted by atomic mass is 32.2. The second kappa shape index (κ2) is 9.65. The zero-order valence-electron chi connectivity index (χ0n) is 22.1. The molecule has 0 atom stereocenters. The molecule has 2 heterocycles. The fourth-order valence-electron chi connectivity index (χ4n) is 4.34. The van der Waals surface area contributed by atoms with Crippen LogP contribution in [0.25, 0.3) is 33.7 Å². The van der Waals surface area contributed by atoms with Crippen LogP contribution < -0.4 is 0 Å². The van der Waals surface area contributed by atoms with Crippen molar-refractivity contribution in [3.05, 3.63) is 113 Å². The third-order valence-electron chi connectivity index (χ3n) is 6.96. The molecule has 5 rings (SSSR count). The van der Waals surface area contributed by atoms with Crippen molar-refractivity contribution in [2.24, 2.45) is 0 Å². The monoisotopic (exact) mass is 523 g/mol. The smallest absolute Gasteiger partial charge is 0.258 e. The van der Waals surface area contributed by atoms with E-state index < -0.39 is 14.6 Å². The summed E-state index contributed by atoms with van der Waals surface area (Å²) in [5, 5.41) is 4.88. The molecule has 0 spiro atoms. The average Bonchev–Trinajstić information content (AvgIpc) is 3.32. The van der Waals surface area contributed by atoms with Crippen LogP contribution in [0.3, 0.4) is 0 Å². The molecule has 2 aromatic heterocycles. The van der Waals surface area contributed by atoms with Gasteiger partial charge in [0.1, 0.15) is 0 Å². The van der Waals surface area contributed by atoms with Gasteiger partial charge in [0.25, 0.3) is 5.89 Å². The lowest BCUT2D eigenvalue weighted by molar-refractivity contribution is 0.403. The molecule has 38 heavy (non-hydrogen) atoms. The molecule has 0 unspecified atom stereocenters. The number of aryl methyl sites for hydroxylation is 2. The van der Waals surface area contributed by atoms with E-state index in [2.05, 4.69) is 33.3 Å². The maximum absolute atomic E-state index is 12.7. The Labute approximate surface area is 223 Å². The van der Waals surface area contributed by atoms with Gasteiger partial charge in [-0.15, -0.1) is 0 Å². The number of pyridine rings is 1. The molecule has 7 heteroatoms. The first kappa shape index (κ1) is 25.5. The van der Waals surface area contributed by atoms with Crippen molar-refractivity contribution in [1.82, 2.24) is 15.1 Å². The van der Waals surface area contributed by atoms with Gasteiger partial charge in [-0.05, 0) is 80.3 Å². The molecule has 0 saturated heterocycles. The molecular formula is C31H29N3O3S. The van der Waals surface area contributed by atoms with Crippen LogP contribution in [0, 0.1) is 13.8 Å². The summed E-state index contributed by atoms with van der Waals surface area (Å²) in [6.45, 7) is 7.32. The minimum absolute atomic E-state index is 0.445. The van der Waals surface area contributed by atoms with E-state index in [1.54, 1.807) is 27.0 Å². The highest BCUT2D eigenvalue weighted by Crippen LogP contribution is 2.37. The molecule has 0 fully saturated rings. The molecule has 0 aliphatic carbocycles. The normalized spacial score (nSPS) is 12.7. The van der Waals surface area contributed by atoms with Crippen molar-refractivity contribution in [3.8, 4) is 11.1 Å². The quantitative estimate of drug-likeness (QED) is 0.228. The predicted octanol–water partition coefficient (Wildman–Crippen LogP) is 6.77. The van der Waals surface area contributed by atoms with Gasteiger partial charge < -0.3 is 4.52 Å². The molecule has 0 N–H and O–H groups in total. The number of fused-ring (bicyclic) bond motifs is 1. The lowest BCUT2D eigenvalue weighted by Crippen LogP contribution is -2.28. The van der Waals surface area contributed by atoms with E-state index in [1.807, 2.05) is 67.6 Å². The van der Waals surface area contributed by atoms with Gasteiger partial charge >= 0.3 is 0 Å². The van der Waals surface area contributed by atoms with Crippen LogP contribution in [0.2, 0.25) is 0 Å². The van der Waals surface area contributed by atoms with E-state index >= 15 is 0 Å². The zero-order chi connectivity index (χ0) is 27.1. The van der Waals surface area contributed by atoms with Crippen molar-refractivity contribution in [2.75, 3.05) is 6.26 Å². The fraction of sp³-hybridized carbons (Fsp3) is 0.194. The number of sulfone groups is 1. The van der Waals surface area contributed by atoms with Gasteiger partial charge in [-0.25, -0.2) is 8.42 Å². The Morgan fingerprint density at radius 3 is 2.39 bits per heavy atom. The minimum Gasteiger partial charge on any atom is -0.334 e. The van der Waals surface area contributed by atoms with Gasteiger partial charge in [-0.3, -0.25) is 4.98 Å². The molecule has 0 amide bonds. The number of benzene rings is 3. The standard InChI is InChI=1S/C31H29N3O3S/c1-20-11-13-23(14-12-20)28(30-33-21(2)34-37-30)17-22-8-6-9-24(16-22)27-19-26(31(3,4)38(5,35)36)18-25-10-7-15-32-29(25)27/h6-19H,1-5H3. The number of nitrogens with zero attached hydrogens (tertiary/aromatic N) is 3. The lowest BCUT2D eigenvalue weighted by Gasteiger charge is -2.24. The highest BCUT2D eigenvalue weighted by Gasteiger charge is 2.33. The van der Waals surface area contributed by atoms with Gasteiger partial charge in [0.2, 0.25) is 0 Å². The fourth-order valence-corrected chi connectivity index (χ4v) is 4.89. The summed E-state index contributed by atoms with van der Waals surface area (Å²) in [6.07, 6.45) is 5.06. The van der Waals surface area contributed by atoms with E-state index in [1.165, 1.54) is 6.26 Å². The van der Waals surface area contributed by atoms with Crippen LogP contribution in [0.4, 0.5) is 0 Å². The molecule has 0 bridgehead atoms. The molecule has 0 aliphatic heterocycles. The zero-order valence-corrected chi connectivity index (χ0v) is 22.9. The largest absolute Gasteiger partial charge is 0.334 e. The van der Waals surface area contributed by atoms with Gasteiger partial charge in [0, 0.05) is 29.0 Å². The van der Waals surface area contributed by atoms with Gasteiger partial charge in [0.05, 0.1) is 10.3 Å². The average molecular weight is 524 g/mol. The lowest BCUT2D eigenvalue weighted by atomic mass is 9.92. The molecule has 3 aromatic carbocycles. The Balaban J connectivity index is 1.69. The summed E-state index contributed by atoms with van der Waals surface area (Å²) >= 11 is 0. The van der Waals surface area contributed by atoms with E-state index in [0.717, 1.165) is 49.9 Å². The Kier molecular flexibility index (Phi) is 6.49. The Bertz CT molecular complexity index is 1780. The maximum Gasteiger partial charge on any atom is 0.258 e. The molecule has 192 valence electrons. The van der Waals surface area contributed by atoms with Crippen molar-refractivity contribution in [3.63, 3.8) is 0 Å². The SMILES string of the molecule is Cc1ccc(C(=Cc2cccc(-c3cc(C(C)(C)S(C)(=O)=O)cc4cccnc34)c2)c2nc(C)no2)cc1. The molecular weight excluding hydrogens is 494 g/mol. The number of hydrogen-bond donors (Lipinski definition) is 0. The summed E-state index contributed by atoms with van der Waals surface area (Å²) in [5.41, 5.74) is 7.21. The van der Waals surface area contributed by atoms with Crippen LogP contribution in [0.1, 0.15) is 47.8 Å². The predicted molar refractivity (Wildman–Crippen MR) is 152 cm³/mol. The third-order valence-corrected chi connectivity index (χ3v) is 9.05. The maximum atomic E-state index is 12.7.